The summed E-state index contributed by atoms with van der Waals surface area (Å²) in [5.74, 6) is 4.34. The van der Waals surface area contributed by atoms with Gasteiger partial charge < -0.3 is 23.7 Å². The second-order valence-corrected chi connectivity index (χ2v) is 6.21. The quantitative estimate of drug-likeness (QED) is 0.507. The van der Waals surface area contributed by atoms with E-state index in [-0.39, 0.29) is 6.79 Å². The summed E-state index contributed by atoms with van der Waals surface area (Å²) in [7, 11) is 1.63. The second kappa shape index (κ2) is 8.56. The van der Waals surface area contributed by atoms with Crippen LogP contribution < -0.4 is 23.7 Å². The van der Waals surface area contributed by atoms with Gasteiger partial charge in [-0.2, -0.15) is 0 Å². The highest BCUT2D eigenvalue weighted by Crippen LogP contribution is 2.37. The summed E-state index contributed by atoms with van der Waals surface area (Å²) in [4.78, 5) is 4.54. The third-order valence-electron chi connectivity index (χ3n) is 4.29. The van der Waals surface area contributed by atoms with Gasteiger partial charge in [0.1, 0.15) is 23.0 Å². The minimum atomic E-state index is 0.219. The van der Waals surface area contributed by atoms with Gasteiger partial charge in [0.15, 0.2) is 11.5 Å². The molecule has 0 amide bonds. The monoisotopic (exact) mass is 391 g/mol. The molecular formula is C23H21NO5. The Balaban J connectivity index is 1.47. The fraction of sp³-hybridized carbons (Fsp3) is 0.174. The van der Waals surface area contributed by atoms with Gasteiger partial charge in [0, 0.05) is 17.8 Å². The Labute approximate surface area is 169 Å². The third kappa shape index (κ3) is 4.43. The first-order valence-electron chi connectivity index (χ1n) is 9.27. The van der Waals surface area contributed by atoms with E-state index in [1.807, 2.05) is 67.6 Å². The molecule has 0 saturated heterocycles. The average Bonchev–Trinajstić information content (AvgIpc) is 3.21. The lowest BCUT2D eigenvalue weighted by Gasteiger charge is -2.08. The van der Waals surface area contributed by atoms with Crippen LogP contribution in [0, 0.1) is 0 Å². The first-order valence-corrected chi connectivity index (χ1v) is 9.27. The molecule has 148 valence electrons. The lowest BCUT2D eigenvalue weighted by molar-refractivity contribution is 0.174. The Kier molecular flexibility index (Phi) is 5.52. The highest BCUT2D eigenvalue weighted by atomic mass is 16.7. The minimum Gasteiger partial charge on any atom is -0.497 e. The van der Waals surface area contributed by atoms with Gasteiger partial charge in [0.25, 0.3) is 0 Å². The lowest BCUT2D eigenvalue weighted by atomic mass is 10.2. The van der Waals surface area contributed by atoms with Crippen LogP contribution in [0.25, 0.3) is 0 Å². The molecule has 3 aromatic rings. The van der Waals surface area contributed by atoms with Crippen LogP contribution >= 0.6 is 0 Å². The van der Waals surface area contributed by atoms with Gasteiger partial charge in [-0.25, -0.2) is 0 Å². The van der Waals surface area contributed by atoms with Crippen molar-refractivity contribution in [3.05, 3.63) is 66.2 Å². The summed E-state index contributed by atoms with van der Waals surface area (Å²) in [6, 6.07) is 18.7. The molecule has 0 radical (unpaired) electrons. The highest BCUT2D eigenvalue weighted by molar-refractivity contribution is 5.87. The average molecular weight is 391 g/mol. The number of ether oxygens (including phenoxy) is 5. The number of hydrogen-bond acceptors (Lipinski definition) is 6. The van der Waals surface area contributed by atoms with Gasteiger partial charge in [-0.05, 0) is 61.5 Å². The Morgan fingerprint density at radius 3 is 2.17 bits per heavy atom. The van der Waals surface area contributed by atoms with E-state index in [1.165, 1.54) is 0 Å². The zero-order valence-corrected chi connectivity index (χ0v) is 16.3. The number of nitrogens with zero attached hydrogens (tertiary/aromatic N) is 1. The van der Waals surface area contributed by atoms with Crippen LogP contribution in [0.2, 0.25) is 0 Å². The van der Waals surface area contributed by atoms with Crippen LogP contribution in [0.4, 0.5) is 5.69 Å². The number of fused-ring (bicyclic) bond motifs is 1. The molecule has 0 bridgehead atoms. The van der Waals surface area contributed by atoms with E-state index in [1.54, 1.807) is 13.3 Å². The topological polar surface area (TPSA) is 58.5 Å². The second-order valence-electron chi connectivity index (χ2n) is 6.21. The molecular weight excluding hydrogens is 370 g/mol. The summed E-state index contributed by atoms with van der Waals surface area (Å²) in [6.07, 6.45) is 1.76. The summed E-state index contributed by atoms with van der Waals surface area (Å²) in [5.41, 5.74) is 1.63. The van der Waals surface area contributed by atoms with Crippen molar-refractivity contribution in [3.63, 3.8) is 0 Å². The fourth-order valence-electron chi connectivity index (χ4n) is 2.84. The molecule has 6 heteroatoms. The standard InChI is InChI=1S/C23H21NO5/c1-3-26-21-13-23-22(27-15-28-23)12-16(21)14-24-17-4-6-19(7-5-17)29-20-10-8-18(25-2)9-11-20/h4-14H,3,15H2,1-2H3. The van der Waals surface area contributed by atoms with Crippen LogP contribution in [0.1, 0.15) is 12.5 Å². The van der Waals surface area contributed by atoms with E-state index in [2.05, 4.69) is 4.99 Å². The van der Waals surface area contributed by atoms with Crippen LogP contribution in [-0.2, 0) is 0 Å². The highest BCUT2D eigenvalue weighted by Gasteiger charge is 2.17. The normalized spacial score (nSPS) is 12.2. The molecule has 0 aliphatic carbocycles. The van der Waals surface area contributed by atoms with Gasteiger partial charge in [0.2, 0.25) is 6.79 Å². The Morgan fingerprint density at radius 1 is 0.897 bits per heavy atom. The molecule has 0 N–H and O–H groups in total. The van der Waals surface area contributed by atoms with Crippen LogP contribution in [0.3, 0.4) is 0 Å². The number of aliphatic imine (C=N–C) groups is 1. The molecule has 0 saturated carbocycles. The van der Waals surface area contributed by atoms with Crippen molar-refractivity contribution in [2.45, 2.75) is 6.92 Å². The number of hydrogen-bond donors (Lipinski definition) is 0. The van der Waals surface area contributed by atoms with Crippen molar-refractivity contribution in [1.29, 1.82) is 0 Å². The maximum Gasteiger partial charge on any atom is 0.231 e. The van der Waals surface area contributed by atoms with Gasteiger partial charge in [-0.15, -0.1) is 0 Å². The maximum absolute atomic E-state index is 5.84. The molecule has 4 rings (SSSR count). The molecule has 0 atom stereocenters. The van der Waals surface area contributed by atoms with Crippen LogP contribution in [0.15, 0.2) is 65.7 Å². The zero-order chi connectivity index (χ0) is 20.1. The predicted octanol–water partition coefficient (Wildman–Crippen LogP) is 5.37. The number of benzene rings is 3. The first kappa shape index (κ1) is 18.7. The van der Waals surface area contributed by atoms with Crippen molar-refractivity contribution >= 4 is 11.9 Å². The zero-order valence-electron chi connectivity index (χ0n) is 16.3. The largest absolute Gasteiger partial charge is 0.497 e. The Hall–Kier alpha value is -3.67. The van der Waals surface area contributed by atoms with E-state index in [0.29, 0.717) is 23.9 Å². The van der Waals surface area contributed by atoms with Crippen molar-refractivity contribution in [2.24, 2.45) is 4.99 Å². The van der Waals surface area contributed by atoms with Gasteiger partial charge >= 0.3 is 0 Å². The maximum atomic E-state index is 5.84. The number of methoxy groups -OCH3 is 1. The van der Waals surface area contributed by atoms with Crippen molar-refractivity contribution in [2.75, 3.05) is 20.5 Å². The third-order valence-corrected chi connectivity index (χ3v) is 4.29. The van der Waals surface area contributed by atoms with E-state index >= 15 is 0 Å². The van der Waals surface area contributed by atoms with E-state index in [0.717, 1.165) is 28.5 Å². The Morgan fingerprint density at radius 2 is 1.52 bits per heavy atom. The van der Waals surface area contributed by atoms with Crippen molar-refractivity contribution in [3.8, 4) is 34.5 Å². The minimum absolute atomic E-state index is 0.219. The summed E-state index contributed by atoms with van der Waals surface area (Å²) < 4.78 is 27.5. The van der Waals surface area contributed by atoms with E-state index in [4.69, 9.17) is 23.7 Å². The molecule has 6 nitrogen and oxygen atoms in total. The fourth-order valence-corrected chi connectivity index (χ4v) is 2.84. The van der Waals surface area contributed by atoms with Gasteiger partial charge in [-0.1, -0.05) is 0 Å². The van der Waals surface area contributed by atoms with E-state index < -0.39 is 0 Å². The van der Waals surface area contributed by atoms with Crippen molar-refractivity contribution in [1.82, 2.24) is 0 Å². The Bertz CT molecular complexity index is 997. The molecule has 0 aromatic heterocycles. The molecule has 3 aromatic carbocycles. The molecule has 1 heterocycles. The predicted molar refractivity (Wildman–Crippen MR) is 110 cm³/mol. The summed E-state index contributed by atoms with van der Waals surface area (Å²) >= 11 is 0. The molecule has 29 heavy (non-hydrogen) atoms. The molecule has 0 fully saturated rings. The summed E-state index contributed by atoms with van der Waals surface area (Å²) in [6.45, 7) is 2.71. The molecule has 0 unspecified atom stereocenters. The lowest BCUT2D eigenvalue weighted by Crippen LogP contribution is -1.96. The smallest absolute Gasteiger partial charge is 0.231 e. The summed E-state index contributed by atoms with van der Waals surface area (Å²) in [5, 5.41) is 0. The first-order chi connectivity index (χ1) is 14.2. The molecule has 0 spiro atoms. The van der Waals surface area contributed by atoms with Crippen LogP contribution in [-0.4, -0.2) is 26.7 Å². The SMILES string of the molecule is CCOc1cc2c(cc1C=Nc1ccc(Oc3ccc(OC)cc3)cc1)OCO2. The van der Waals surface area contributed by atoms with Gasteiger partial charge in [-0.3, -0.25) is 4.99 Å². The van der Waals surface area contributed by atoms with Crippen molar-refractivity contribution < 1.29 is 23.7 Å². The van der Waals surface area contributed by atoms with Gasteiger partial charge in [0.05, 0.1) is 19.4 Å². The number of rotatable bonds is 7. The van der Waals surface area contributed by atoms with E-state index in [9.17, 15) is 0 Å². The molecule has 1 aliphatic rings. The van der Waals surface area contributed by atoms with Crippen LogP contribution in [0.5, 0.6) is 34.5 Å². The molecule has 1 aliphatic heterocycles.